The monoisotopic (exact) mass is 496 g/mol. The van der Waals surface area contributed by atoms with Gasteiger partial charge in [-0.1, -0.05) is 11.6 Å². The third-order valence-electron chi connectivity index (χ3n) is 5.63. The number of ether oxygens (including phenoxy) is 1. The Labute approximate surface area is 201 Å². The number of carbonyl (C=O) groups is 2. The number of Topliss-reactive ketones (excluding diaryl/α,β-unsaturated/α-hetero) is 1. The molecule has 0 radical (unpaired) electrons. The molecule has 2 aromatic carbocycles. The number of hydrogen-bond donors (Lipinski definition) is 1. The zero-order valence-electron chi connectivity index (χ0n) is 18.0. The summed E-state index contributed by atoms with van der Waals surface area (Å²) in [6.45, 7) is 0. The molecule has 1 amide bonds. The molecule has 0 aliphatic carbocycles. The normalized spacial score (nSPS) is 15.8. The number of pyridine rings is 1. The summed E-state index contributed by atoms with van der Waals surface area (Å²) >= 11 is 6.10. The summed E-state index contributed by atoms with van der Waals surface area (Å²) in [7, 11) is 1.41. The Kier molecular flexibility index (Phi) is 5.49. The Morgan fingerprint density at radius 2 is 1.89 bits per heavy atom. The molecule has 0 fully saturated rings. The minimum atomic E-state index is -1.24. The first-order chi connectivity index (χ1) is 16.8. The van der Waals surface area contributed by atoms with Crippen LogP contribution in [0.15, 0.2) is 76.7 Å². The smallest absolute Gasteiger partial charge is 0.294 e. The maximum Gasteiger partial charge on any atom is 0.294 e. The minimum absolute atomic E-state index is 0.199. The van der Waals surface area contributed by atoms with Crippen molar-refractivity contribution in [3.05, 3.63) is 100 Å². The first-order valence-corrected chi connectivity index (χ1v) is 10.6. The zero-order valence-corrected chi connectivity index (χ0v) is 18.7. The number of anilines is 1. The van der Waals surface area contributed by atoms with Crippen LogP contribution in [0.25, 0.3) is 11.0 Å². The van der Waals surface area contributed by atoms with Crippen LogP contribution in [0.3, 0.4) is 0 Å². The number of nitrogens with zero attached hydrogens (tertiary/aromatic N) is 2. The van der Waals surface area contributed by atoms with Gasteiger partial charge in [0.25, 0.3) is 5.91 Å². The Morgan fingerprint density at radius 3 is 2.57 bits per heavy atom. The van der Waals surface area contributed by atoms with Crippen LogP contribution in [-0.4, -0.2) is 28.9 Å². The van der Waals surface area contributed by atoms with Crippen LogP contribution in [0.2, 0.25) is 5.02 Å². The average molecular weight is 497 g/mol. The van der Waals surface area contributed by atoms with E-state index in [0.29, 0.717) is 22.0 Å². The van der Waals surface area contributed by atoms with Gasteiger partial charge in [0.1, 0.15) is 11.6 Å². The fourth-order valence-electron chi connectivity index (χ4n) is 4.11. The summed E-state index contributed by atoms with van der Waals surface area (Å²) in [6.07, 6.45) is 2.84. The SMILES string of the molecule is COc1cc(Cl)cc2cc(C(=O)C3=C(O)C(=O)N(c4ccc(F)cc4F)C3c3ccncc3)oc12. The van der Waals surface area contributed by atoms with Gasteiger partial charge in [-0.25, -0.2) is 8.78 Å². The highest BCUT2D eigenvalue weighted by atomic mass is 35.5. The molecule has 1 N–H and O–H groups in total. The number of fused-ring (bicyclic) bond motifs is 1. The van der Waals surface area contributed by atoms with E-state index < -0.39 is 35.1 Å². The van der Waals surface area contributed by atoms with Gasteiger partial charge in [0.2, 0.25) is 5.78 Å². The molecule has 0 saturated heterocycles. The molecule has 3 heterocycles. The summed E-state index contributed by atoms with van der Waals surface area (Å²) in [6, 6.07) is 8.91. The second kappa shape index (κ2) is 8.52. The number of halogens is 3. The number of ketones is 1. The highest BCUT2D eigenvalue weighted by Crippen LogP contribution is 2.43. The van der Waals surface area contributed by atoms with Crippen molar-refractivity contribution in [3.63, 3.8) is 0 Å². The van der Waals surface area contributed by atoms with E-state index >= 15 is 0 Å². The lowest BCUT2D eigenvalue weighted by atomic mass is 9.95. The molecule has 7 nitrogen and oxygen atoms in total. The van der Waals surface area contributed by atoms with E-state index in [9.17, 15) is 23.5 Å². The van der Waals surface area contributed by atoms with E-state index in [-0.39, 0.29) is 28.4 Å². The molecule has 10 heteroatoms. The summed E-state index contributed by atoms with van der Waals surface area (Å²) in [5.41, 5.74) is -0.0487. The van der Waals surface area contributed by atoms with Gasteiger partial charge in [-0.05, 0) is 42.0 Å². The number of hydrogen-bond acceptors (Lipinski definition) is 6. The van der Waals surface area contributed by atoms with Gasteiger partial charge in [0.05, 0.1) is 24.4 Å². The zero-order chi connectivity index (χ0) is 24.9. The van der Waals surface area contributed by atoms with Gasteiger partial charge >= 0.3 is 0 Å². The molecule has 1 aliphatic rings. The predicted octanol–water partition coefficient (Wildman–Crippen LogP) is 5.55. The Balaban J connectivity index is 1.67. The van der Waals surface area contributed by atoms with Crippen molar-refractivity contribution in [2.75, 3.05) is 12.0 Å². The third kappa shape index (κ3) is 3.70. The van der Waals surface area contributed by atoms with Gasteiger partial charge in [-0.2, -0.15) is 0 Å². The van der Waals surface area contributed by atoms with Crippen LogP contribution in [-0.2, 0) is 4.79 Å². The molecule has 1 atom stereocenters. The number of aromatic nitrogens is 1. The molecule has 5 rings (SSSR count). The lowest BCUT2D eigenvalue weighted by molar-refractivity contribution is -0.117. The van der Waals surface area contributed by atoms with Crippen molar-refractivity contribution in [1.82, 2.24) is 4.98 Å². The Hall–Kier alpha value is -4.24. The standard InChI is InChI=1S/C25H15ClF2N2O5/c1-34-19-10-14(26)8-13-9-18(35-24(13)19)22(31)20-21(12-4-6-29-7-5-12)30(25(33)23(20)32)17-3-2-15(27)11-16(17)28/h2-11,21,32H,1H3. The largest absolute Gasteiger partial charge is 0.503 e. The number of amides is 1. The summed E-state index contributed by atoms with van der Waals surface area (Å²) in [5.74, 6) is -4.52. The molecule has 2 aromatic heterocycles. The molecule has 4 aromatic rings. The maximum atomic E-state index is 14.7. The molecule has 0 saturated carbocycles. The second-order valence-corrected chi connectivity index (χ2v) is 8.12. The van der Waals surface area contributed by atoms with E-state index in [1.807, 2.05) is 0 Å². The summed E-state index contributed by atoms with van der Waals surface area (Å²) in [4.78, 5) is 31.6. The van der Waals surface area contributed by atoms with E-state index in [4.69, 9.17) is 20.8 Å². The molecule has 1 unspecified atom stereocenters. The third-order valence-corrected chi connectivity index (χ3v) is 5.85. The van der Waals surface area contributed by atoms with Gasteiger partial charge < -0.3 is 14.3 Å². The van der Waals surface area contributed by atoms with Crippen molar-refractivity contribution in [2.45, 2.75) is 6.04 Å². The lowest BCUT2D eigenvalue weighted by Crippen LogP contribution is -2.31. The van der Waals surface area contributed by atoms with Crippen molar-refractivity contribution in [2.24, 2.45) is 0 Å². The van der Waals surface area contributed by atoms with Crippen molar-refractivity contribution >= 4 is 39.9 Å². The number of rotatable bonds is 5. The van der Waals surface area contributed by atoms with Crippen LogP contribution in [0.5, 0.6) is 5.75 Å². The van der Waals surface area contributed by atoms with E-state index in [0.717, 1.165) is 17.0 Å². The van der Waals surface area contributed by atoms with Crippen LogP contribution < -0.4 is 9.64 Å². The second-order valence-electron chi connectivity index (χ2n) is 7.68. The van der Waals surface area contributed by atoms with Crippen LogP contribution >= 0.6 is 11.6 Å². The number of furan rings is 1. The Bertz CT molecular complexity index is 1530. The van der Waals surface area contributed by atoms with Gasteiger partial charge in [-0.3, -0.25) is 19.5 Å². The minimum Gasteiger partial charge on any atom is -0.503 e. The first-order valence-electron chi connectivity index (χ1n) is 10.2. The fourth-order valence-corrected chi connectivity index (χ4v) is 4.32. The molecular weight excluding hydrogens is 482 g/mol. The highest BCUT2D eigenvalue weighted by Gasteiger charge is 2.46. The van der Waals surface area contributed by atoms with Crippen LogP contribution in [0.1, 0.15) is 22.2 Å². The number of aliphatic hydroxyl groups excluding tert-OH is 1. The van der Waals surface area contributed by atoms with E-state index in [1.165, 1.54) is 43.8 Å². The first kappa shape index (κ1) is 22.5. The average Bonchev–Trinajstić information content (AvgIpc) is 3.38. The van der Waals surface area contributed by atoms with Crippen LogP contribution in [0.4, 0.5) is 14.5 Å². The van der Waals surface area contributed by atoms with E-state index in [2.05, 4.69) is 4.98 Å². The van der Waals surface area contributed by atoms with Gasteiger partial charge in [0.15, 0.2) is 22.9 Å². The number of benzene rings is 2. The summed E-state index contributed by atoms with van der Waals surface area (Å²) in [5, 5.41) is 11.6. The maximum absolute atomic E-state index is 14.7. The number of aliphatic hydroxyl groups is 1. The summed E-state index contributed by atoms with van der Waals surface area (Å²) < 4.78 is 39.3. The quantitative estimate of drug-likeness (QED) is 0.364. The van der Waals surface area contributed by atoms with E-state index in [1.54, 1.807) is 6.07 Å². The molecule has 0 spiro atoms. The van der Waals surface area contributed by atoms with Crippen molar-refractivity contribution in [1.29, 1.82) is 0 Å². The number of methoxy groups -OCH3 is 1. The molecule has 1 aliphatic heterocycles. The van der Waals surface area contributed by atoms with Crippen molar-refractivity contribution in [3.8, 4) is 5.75 Å². The molecular formula is C25H15ClF2N2O5. The van der Waals surface area contributed by atoms with Crippen molar-refractivity contribution < 1.29 is 32.6 Å². The fraction of sp³-hybridized carbons (Fsp3) is 0.0800. The number of carbonyl (C=O) groups excluding carboxylic acids is 2. The van der Waals surface area contributed by atoms with Gasteiger partial charge in [-0.15, -0.1) is 0 Å². The Morgan fingerprint density at radius 1 is 1.14 bits per heavy atom. The van der Waals surface area contributed by atoms with Crippen LogP contribution in [0, 0.1) is 11.6 Å². The molecule has 0 bridgehead atoms. The lowest BCUT2D eigenvalue weighted by Gasteiger charge is -2.27. The highest BCUT2D eigenvalue weighted by molar-refractivity contribution is 6.31. The predicted molar refractivity (Wildman–Crippen MR) is 123 cm³/mol. The molecule has 35 heavy (non-hydrogen) atoms. The topological polar surface area (TPSA) is 92.9 Å². The molecule has 176 valence electrons. The van der Waals surface area contributed by atoms with Gasteiger partial charge in [0, 0.05) is 34.9 Å².